The van der Waals surface area contributed by atoms with Crippen LogP contribution in [0.25, 0.3) is 10.9 Å². The van der Waals surface area contributed by atoms with E-state index in [4.69, 9.17) is 21.8 Å². The van der Waals surface area contributed by atoms with Gasteiger partial charge >= 0.3 is 5.97 Å². The average Bonchev–Trinajstić information content (AvgIpc) is 3.24. The highest BCUT2D eigenvalue weighted by Gasteiger charge is 2.47. The Morgan fingerprint density at radius 3 is 2.70 bits per heavy atom. The van der Waals surface area contributed by atoms with Crippen molar-refractivity contribution in [2.75, 3.05) is 13.1 Å². The van der Waals surface area contributed by atoms with Crippen LogP contribution < -0.4 is 0 Å². The zero-order valence-corrected chi connectivity index (χ0v) is 16.9. The molecule has 0 unspecified atom stereocenters. The Morgan fingerprint density at radius 2 is 1.93 bits per heavy atom. The molecule has 1 fully saturated rings. The molecule has 7 heteroatoms. The van der Waals surface area contributed by atoms with Crippen LogP contribution in [0.2, 0.25) is 0 Å². The average molecular weight is 420 g/mol. The Balaban J connectivity index is 1.41. The van der Waals surface area contributed by atoms with Crippen molar-refractivity contribution < 1.29 is 14.3 Å². The second-order valence-corrected chi connectivity index (χ2v) is 8.06. The van der Waals surface area contributed by atoms with Gasteiger partial charge in [0.15, 0.2) is 0 Å². The van der Waals surface area contributed by atoms with E-state index in [0.29, 0.717) is 42.7 Å². The Kier molecular flexibility index (Phi) is 4.30. The summed E-state index contributed by atoms with van der Waals surface area (Å²) in [5.74, 6) is -0.465. The van der Waals surface area contributed by atoms with E-state index in [9.17, 15) is 9.59 Å². The maximum absolute atomic E-state index is 13.2. The minimum atomic E-state index is -0.655. The van der Waals surface area contributed by atoms with Crippen molar-refractivity contribution in [3.8, 4) is 6.07 Å². The summed E-state index contributed by atoms with van der Waals surface area (Å²) in [5, 5.41) is 9.89. The predicted octanol–water partition coefficient (Wildman–Crippen LogP) is 4.01. The van der Waals surface area contributed by atoms with Gasteiger partial charge in [-0.1, -0.05) is 36.4 Å². The van der Waals surface area contributed by atoms with Crippen LogP contribution in [0.15, 0.2) is 48.5 Å². The molecule has 0 atom stereocenters. The molecule has 1 amide bonds. The minimum Gasteiger partial charge on any atom is -0.450 e. The smallest absolute Gasteiger partial charge is 0.339 e. The molecule has 0 N–H and O–H groups in total. The number of benzene rings is 2. The zero-order valence-electron chi connectivity index (χ0n) is 16.1. The number of para-hydroxylation sites is 1. The van der Waals surface area contributed by atoms with Crippen LogP contribution in [0.3, 0.4) is 0 Å². The van der Waals surface area contributed by atoms with Crippen LogP contribution in [0.5, 0.6) is 0 Å². The molecule has 2 aromatic carbocycles. The molecule has 0 aliphatic carbocycles. The van der Waals surface area contributed by atoms with Gasteiger partial charge in [0.2, 0.25) is 0 Å². The number of rotatable bonds is 2. The summed E-state index contributed by atoms with van der Waals surface area (Å²) in [6, 6.07) is 16.9. The molecular formula is C23H18ClN3O3. The van der Waals surface area contributed by atoms with Gasteiger partial charge in [0.05, 0.1) is 23.6 Å². The number of nitriles is 1. The Bertz CT molecular complexity index is 1230. The molecule has 0 bridgehead atoms. The van der Waals surface area contributed by atoms with Gasteiger partial charge in [0.25, 0.3) is 5.91 Å². The first-order chi connectivity index (χ1) is 14.5. The van der Waals surface area contributed by atoms with Gasteiger partial charge in [-0.15, -0.1) is 0 Å². The first-order valence-corrected chi connectivity index (χ1v) is 10.2. The molecule has 6 nitrogen and oxygen atoms in total. The fraction of sp³-hybridized carbons (Fsp3) is 0.261. The summed E-state index contributed by atoms with van der Waals surface area (Å²) < 4.78 is 7.13. The number of halogens is 1. The molecule has 1 spiro atoms. The van der Waals surface area contributed by atoms with Crippen molar-refractivity contribution in [3.05, 3.63) is 70.9 Å². The van der Waals surface area contributed by atoms with Crippen molar-refractivity contribution >= 4 is 34.6 Å². The molecule has 2 aliphatic heterocycles. The SMILES string of the molecule is N#CCc1cccc2cc(C(=O)N3CCC4(CC3)OC(=O)c3ccccc34)n(Cl)c12. The number of likely N-dealkylation sites (tertiary alicyclic amines) is 1. The highest BCUT2D eigenvalue weighted by Crippen LogP contribution is 2.44. The molecule has 150 valence electrons. The highest BCUT2D eigenvalue weighted by molar-refractivity contribution is 6.22. The van der Waals surface area contributed by atoms with Crippen molar-refractivity contribution in [3.63, 3.8) is 0 Å². The van der Waals surface area contributed by atoms with Crippen LogP contribution in [0, 0.1) is 11.3 Å². The molecule has 0 saturated carbocycles. The molecule has 30 heavy (non-hydrogen) atoms. The number of hydrogen-bond donors (Lipinski definition) is 0. The minimum absolute atomic E-state index is 0.170. The van der Waals surface area contributed by atoms with Crippen LogP contribution in [-0.4, -0.2) is 34.0 Å². The third-order valence-corrected chi connectivity index (χ3v) is 6.47. The van der Waals surface area contributed by atoms with Crippen LogP contribution in [0.1, 0.15) is 44.8 Å². The van der Waals surface area contributed by atoms with E-state index in [-0.39, 0.29) is 18.3 Å². The highest BCUT2D eigenvalue weighted by atomic mass is 35.5. The van der Waals surface area contributed by atoms with Gasteiger partial charge in [-0.3, -0.25) is 4.79 Å². The van der Waals surface area contributed by atoms with Gasteiger partial charge in [0, 0.05) is 48.7 Å². The lowest BCUT2D eigenvalue weighted by Gasteiger charge is -2.38. The number of esters is 1. The number of fused-ring (bicyclic) bond motifs is 3. The normalized spacial score (nSPS) is 17.1. The summed E-state index contributed by atoms with van der Waals surface area (Å²) >= 11 is 6.51. The molecule has 1 aromatic heterocycles. The molecule has 5 rings (SSSR count). The summed E-state index contributed by atoms with van der Waals surface area (Å²) in [5.41, 5.74) is 2.72. The summed E-state index contributed by atoms with van der Waals surface area (Å²) in [4.78, 5) is 27.2. The molecule has 3 aromatic rings. The summed E-state index contributed by atoms with van der Waals surface area (Å²) in [6.07, 6.45) is 1.31. The summed E-state index contributed by atoms with van der Waals surface area (Å²) in [7, 11) is 0. The van der Waals surface area contributed by atoms with E-state index in [1.807, 2.05) is 36.4 Å². The van der Waals surface area contributed by atoms with Gasteiger partial charge in [-0.2, -0.15) is 5.26 Å². The van der Waals surface area contributed by atoms with Gasteiger partial charge < -0.3 is 9.64 Å². The standard InChI is InChI=1S/C23H18ClN3O3/c24-27-19(14-16-5-3-4-15(8-11-25)20(16)27)21(28)26-12-9-23(10-13-26)18-7-2-1-6-17(18)22(29)30-23/h1-7,14H,8-10,12-13H2. The van der Waals surface area contributed by atoms with Gasteiger partial charge in [0.1, 0.15) is 11.3 Å². The van der Waals surface area contributed by atoms with Crippen molar-refractivity contribution in [1.82, 2.24) is 8.99 Å². The lowest BCUT2D eigenvalue weighted by Crippen LogP contribution is -2.45. The fourth-order valence-corrected chi connectivity index (χ4v) is 4.94. The van der Waals surface area contributed by atoms with Crippen LogP contribution >= 0.6 is 11.8 Å². The molecule has 3 heterocycles. The lowest BCUT2D eigenvalue weighted by molar-refractivity contribution is -0.0390. The van der Waals surface area contributed by atoms with E-state index in [0.717, 1.165) is 16.5 Å². The number of nitrogens with zero attached hydrogens (tertiary/aromatic N) is 3. The van der Waals surface area contributed by atoms with Crippen LogP contribution in [0.4, 0.5) is 0 Å². The molecule has 2 aliphatic rings. The first-order valence-electron chi connectivity index (χ1n) is 9.83. The largest absolute Gasteiger partial charge is 0.450 e. The maximum atomic E-state index is 13.2. The number of piperidine rings is 1. The first kappa shape index (κ1) is 18.7. The number of carbonyl (C=O) groups is 2. The number of hydrogen-bond acceptors (Lipinski definition) is 4. The number of carbonyl (C=O) groups excluding carboxylic acids is 2. The van der Waals surface area contributed by atoms with E-state index in [2.05, 4.69) is 6.07 Å². The second-order valence-electron chi connectivity index (χ2n) is 7.72. The number of amides is 1. The second kappa shape index (κ2) is 6.89. The quantitative estimate of drug-likeness (QED) is 0.588. The third kappa shape index (κ3) is 2.70. The van der Waals surface area contributed by atoms with Crippen molar-refractivity contribution in [1.29, 1.82) is 5.26 Å². The Morgan fingerprint density at radius 1 is 1.17 bits per heavy atom. The van der Waals surface area contributed by atoms with E-state index in [1.54, 1.807) is 17.0 Å². The zero-order chi connectivity index (χ0) is 20.9. The molecular weight excluding hydrogens is 402 g/mol. The van der Waals surface area contributed by atoms with Crippen LogP contribution in [-0.2, 0) is 16.8 Å². The topological polar surface area (TPSA) is 75.3 Å². The maximum Gasteiger partial charge on any atom is 0.339 e. The van der Waals surface area contributed by atoms with Gasteiger partial charge in [-0.05, 0) is 17.7 Å². The van der Waals surface area contributed by atoms with E-state index < -0.39 is 5.60 Å². The lowest BCUT2D eigenvalue weighted by atomic mass is 9.83. The summed E-state index contributed by atoms with van der Waals surface area (Å²) in [6.45, 7) is 0.924. The monoisotopic (exact) mass is 419 g/mol. The van der Waals surface area contributed by atoms with Crippen molar-refractivity contribution in [2.24, 2.45) is 0 Å². The van der Waals surface area contributed by atoms with E-state index >= 15 is 0 Å². The van der Waals surface area contributed by atoms with Crippen molar-refractivity contribution in [2.45, 2.75) is 24.9 Å². The predicted molar refractivity (Wildman–Crippen MR) is 111 cm³/mol. The molecule has 0 radical (unpaired) electrons. The number of aromatic nitrogens is 1. The number of ether oxygens (including phenoxy) is 1. The van der Waals surface area contributed by atoms with E-state index in [1.165, 1.54) is 4.09 Å². The van der Waals surface area contributed by atoms with Gasteiger partial charge in [-0.25, -0.2) is 8.88 Å². The third-order valence-electron chi connectivity index (χ3n) is 6.12. The Labute approximate surface area is 178 Å². The Hall–Kier alpha value is -3.30. The molecule has 1 saturated heterocycles. The fourth-order valence-electron chi connectivity index (χ4n) is 4.62.